The molecule has 142 valence electrons. The lowest BCUT2D eigenvalue weighted by Crippen LogP contribution is -2.54. The van der Waals surface area contributed by atoms with Crippen molar-refractivity contribution >= 4 is 16.8 Å². The number of aliphatic hydroxyl groups excluding tert-OH is 1. The predicted octanol–water partition coefficient (Wildman–Crippen LogP) is 2.63. The molecule has 2 aromatic carbocycles. The Morgan fingerprint density at radius 2 is 1.78 bits per heavy atom. The van der Waals surface area contributed by atoms with Crippen LogP contribution in [0.4, 0.5) is 0 Å². The molecule has 0 spiro atoms. The molecule has 1 aromatic heterocycles. The number of benzene rings is 2. The second-order valence-corrected chi connectivity index (χ2v) is 7.54. The van der Waals surface area contributed by atoms with Crippen LogP contribution in [0, 0.1) is 0 Å². The molecule has 0 aliphatic rings. The molecule has 2 atom stereocenters. The van der Waals surface area contributed by atoms with Crippen molar-refractivity contribution in [3.63, 3.8) is 0 Å². The molecule has 27 heavy (non-hydrogen) atoms. The first kappa shape index (κ1) is 19.1. The molecular weight excluding hydrogens is 338 g/mol. The van der Waals surface area contributed by atoms with Gasteiger partial charge in [-0.1, -0.05) is 62.4 Å². The van der Waals surface area contributed by atoms with Gasteiger partial charge in [0.2, 0.25) is 5.91 Å². The van der Waals surface area contributed by atoms with E-state index in [0.717, 1.165) is 22.0 Å². The molecule has 3 rings (SSSR count). The Morgan fingerprint density at radius 3 is 2.41 bits per heavy atom. The summed E-state index contributed by atoms with van der Waals surface area (Å²) in [6, 6.07) is 16.7. The maximum Gasteiger partial charge on any atom is 0.235 e. The number of rotatable bonds is 7. The quantitative estimate of drug-likeness (QED) is 0.602. The van der Waals surface area contributed by atoms with Crippen LogP contribution in [0.3, 0.4) is 0 Å². The standard InChI is InChI=1S/C22H27N3O2/c1-22(2,17-13-25(3)19-12-8-7-11-16(17)19)20(21(23)27)24-18(14-26)15-9-5-4-6-10-15/h4-13,18,20,24,26H,14H2,1-3H3,(H2,23,27)/t18-,20+/m0/s1. The van der Waals surface area contributed by atoms with E-state index in [4.69, 9.17) is 5.73 Å². The van der Waals surface area contributed by atoms with Crippen LogP contribution in [0.1, 0.15) is 31.0 Å². The molecule has 0 saturated carbocycles. The molecule has 0 radical (unpaired) electrons. The van der Waals surface area contributed by atoms with E-state index in [1.807, 2.05) is 63.4 Å². The highest BCUT2D eigenvalue weighted by Gasteiger charge is 2.38. The second kappa shape index (κ2) is 7.55. The van der Waals surface area contributed by atoms with Gasteiger partial charge in [-0.15, -0.1) is 0 Å². The summed E-state index contributed by atoms with van der Waals surface area (Å²) in [6.07, 6.45) is 2.05. The van der Waals surface area contributed by atoms with E-state index < -0.39 is 17.4 Å². The van der Waals surface area contributed by atoms with Gasteiger partial charge < -0.3 is 15.4 Å². The zero-order valence-corrected chi connectivity index (χ0v) is 16.0. The number of amides is 1. The third-order valence-corrected chi connectivity index (χ3v) is 5.35. The average molecular weight is 365 g/mol. The molecule has 0 bridgehead atoms. The number of para-hydroxylation sites is 1. The Kier molecular flexibility index (Phi) is 5.35. The number of aromatic nitrogens is 1. The van der Waals surface area contributed by atoms with E-state index in [-0.39, 0.29) is 12.6 Å². The van der Waals surface area contributed by atoms with Crippen LogP contribution in [0.2, 0.25) is 0 Å². The van der Waals surface area contributed by atoms with Crippen LogP contribution in [-0.2, 0) is 17.3 Å². The number of aliphatic hydroxyl groups is 1. The lowest BCUT2D eigenvalue weighted by atomic mass is 9.76. The summed E-state index contributed by atoms with van der Waals surface area (Å²) in [4.78, 5) is 12.4. The van der Waals surface area contributed by atoms with Gasteiger partial charge in [-0.05, 0) is 17.2 Å². The van der Waals surface area contributed by atoms with Crippen molar-refractivity contribution in [3.8, 4) is 0 Å². The topological polar surface area (TPSA) is 80.3 Å². The Bertz CT molecular complexity index is 931. The summed E-state index contributed by atoms with van der Waals surface area (Å²) in [5.74, 6) is -0.442. The number of hydrogen-bond donors (Lipinski definition) is 3. The van der Waals surface area contributed by atoms with Crippen molar-refractivity contribution in [2.45, 2.75) is 31.3 Å². The SMILES string of the molecule is Cn1cc(C(C)(C)[C@H](N[C@@H](CO)c2ccccc2)C(N)=O)c2ccccc21. The van der Waals surface area contributed by atoms with Crippen LogP contribution in [0.15, 0.2) is 60.8 Å². The maximum absolute atomic E-state index is 12.4. The van der Waals surface area contributed by atoms with Crippen molar-refractivity contribution in [1.29, 1.82) is 0 Å². The van der Waals surface area contributed by atoms with Crippen LogP contribution < -0.4 is 11.1 Å². The molecule has 0 fully saturated rings. The van der Waals surface area contributed by atoms with E-state index in [1.165, 1.54) is 0 Å². The minimum absolute atomic E-state index is 0.126. The molecule has 0 unspecified atom stereocenters. The smallest absolute Gasteiger partial charge is 0.235 e. The van der Waals surface area contributed by atoms with Gasteiger partial charge >= 0.3 is 0 Å². The van der Waals surface area contributed by atoms with Crippen molar-refractivity contribution in [1.82, 2.24) is 9.88 Å². The van der Waals surface area contributed by atoms with Gasteiger partial charge in [0.25, 0.3) is 0 Å². The maximum atomic E-state index is 12.4. The first-order valence-electron chi connectivity index (χ1n) is 9.12. The van der Waals surface area contributed by atoms with Crippen LogP contribution >= 0.6 is 0 Å². The third kappa shape index (κ3) is 3.61. The predicted molar refractivity (Wildman–Crippen MR) is 108 cm³/mol. The molecule has 4 N–H and O–H groups in total. The Hall–Kier alpha value is -2.63. The molecule has 0 aliphatic heterocycles. The molecule has 5 heteroatoms. The minimum atomic E-state index is -0.652. The van der Waals surface area contributed by atoms with Crippen molar-refractivity contribution in [2.24, 2.45) is 12.8 Å². The molecule has 0 saturated heterocycles. The number of fused-ring (bicyclic) bond motifs is 1. The van der Waals surface area contributed by atoms with E-state index in [9.17, 15) is 9.90 Å². The second-order valence-electron chi connectivity index (χ2n) is 7.54. The van der Waals surface area contributed by atoms with Crippen LogP contribution in [-0.4, -0.2) is 28.2 Å². The zero-order valence-electron chi connectivity index (χ0n) is 16.0. The fourth-order valence-electron chi connectivity index (χ4n) is 3.80. The molecule has 3 aromatic rings. The van der Waals surface area contributed by atoms with Crippen molar-refractivity contribution < 1.29 is 9.90 Å². The molecule has 1 amide bonds. The minimum Gasteiger partial charge on any atom is -0.394 e. The fourth-order valence-corrected chi connectivity index (χ4v) is 3.80. The first-order chi connectivity index (χ1) is 12.9. The van der Waals surface area contributed by atoms with E-state index in [1.54, 1.807) is 0 Å². The summed E-state index contributed by atoms with van der Waals surface area (Å²) >= 11 is 0. The van der Waals surface area contributed by atoms with Gasteiger partial charge in [-0.2, -0.15) is 0 Å². The number of nitrogens with zero attached hydrogens (tertiary/aromatic N) is 1. The number of primary amides is 1. The van der Waals surface area contributed by atoms with Gasteiger partial charge in [-0.25, -0.2) is 0 Å². The van der Waals surface area contributed by atoms with Crippen molar-refractivity contribution in [2.75, 3.05) is 6.61 Å². The molecular formula is C22H27N3O2. The Morgan fingerprint density at radius 1 is 1.15 bits per heavy atom. The average Bonchev–Trinajstić information content (AvgIpc) is 3.01. The fraction of sp³-hybridized carbons (Fsp3) is 0.318. The molecule has 0 aliphatic carbocycles. The van der Waals surface area contributed by atoms with Gasteiger partial charge in [-0.3, -0.25) is 10.1 Å². The van der Waals surface area contributed by atoms with E-state index >= 15 is 0 Å². The van der Waals surface area contributed by atoms with Gasteiger partial charge in [0.15, 0.2) is 0 Å². The number of aryl methyl sites for hydroxylation is 1. The van der Waals surface area contributed by atoms with Crippen LogP contribution in [0.5, 0.6) is 0 Å². The number of carbonyl (C=O) groups is 1. The number of nitrogens with two attached hydrogens (primary N) is 1. The monoisotopic (exact) mass is 365 g/mol. The Balaban J connectivity index is 2.01. The summed E-state index contributed by atoms with van der Waals surface area (Å²) in [7, 11) is 2.00. The number of carbonyl (C=O) groups excluding carboxylic acids is 1. The summed E-state index contributed by atoms with van der Waals surface area (Å²) in [5, 5.41) is 14.3. The first-order valence-corrected chi connectivity index (χ1v) is 9.12. The van der Waals surface area contributed by atoms with E-state index in [0.29, 0.717) is 0 Å². The molecule has 5 nitrogen and oxygen atoms in total. The summed E-state index contributed by atoms with van der Waals surface area (Å²) in [5.41, 5.74) is 8.29. The lowest BCUT2D eigenvalue weighted by Gasteiger charge is -2.35. The van der Waals surface area contributed by atoms with Crippen molar-refractivity contribution in [3.05, 3.63) is 71.9 Å². The molecule has 1 heterocycles. The number of nitrogens with one attached hydrogen (secondary N) is 1. The summed E-state index contributed by atoms with van der Waals surface area (Å²) in [6.45, 7) is 3.90. The van der Waals surface area contributed by atoms with Gasteiger partial charge in [0.1, 0.15) is 0 Å². The van der Waals surface area contributed by atoms with Gasteiger partial charge in [0.05, 0.1) is 18.7 Å². The normalized spacial score (nSPS) is 14.2. The van der Waals surface area contributed by atoms with E-state index in [2.05, 4.69) is 28.2 Å². The zero-order chi connectivity index (χ0) is 19.6. The number of hydrogen-bond acceptors (Lipinski definition) is 3. The highest BCUT2D eigenvalue weighted by atomic mass is 16.3. The highest BCUT2D eigenvalue weighted by Crippen LogP contribution is 2.35. The van der Waals surface area contributed by atoms with Gasteiger partial charge in [0, 0.05) is 29.6 Å². The Labute approximate surface area is 159 Å². The third-order valence-electron chi connectivity index (χ3n) is 5.35. The summed E-state index contributed by atoms with van der Waals surface area (Å²) < 4.78 is 2.06. The lowest BCUT2D eigenvalue weighted by molar-refractivity contribution is -0.121. The van der Waals surface area contributed by atoms with Crippen LogP contribution in [0.25, 0.3) is 10.9 Å². The highest BCUT2D eigenvalue weighted by molar-refractivity contribution is 5.88. The largest absolute Gasteiger partial charge is 0.394 e.